The SMILES string of the molecule is Fc1c(F)c(N2CCCCC2)c(F)c(F)c1C1CC(c2ccccc2)=NN1c1ccccc1. The molecule has 2 aliphatic heterocycles. The summed E-state index contributed by atoms with van der Waals surface area (Å²) < 4.78 is 61.3. The Morgan fingerprint density at radius 1 is 0.697 bits per heavy atom. The zero-order chi connectivity index (χ0) is 22.9. The zero-order valence-electron chi connectivity index (χ0n) is 17.9. The molecule has 7 heteroatoms. The Kier molecular flexibility index (Phi) is 5.79. The lowest BCUT2D eigenvalue weighted by molar-refractivity contribution is 0.421. The third-order valence-electron chi connectivity index (χ3n) is 6.32. The van der Waals surface area contributed by atoms with E-state index in [0.29, 0.717) is 24.5 Å². The fraction of sp³-hybridized carbons (Fsp3) is 0.269. The topological polar surface area (TPSA) is 18.8 Å². The highest BCUT2D eigenvalue weighted by Gasteiger charge is 2.38. The second-order valence-electron chi connectivity index (χ2n) is 8.38. The van der Waals surface area contributed by atoms with Gasteiger partial charge in [-0.25, -0.2) is 17.6 Å². The molecule has 2 heterocycles. The Hall–Kier alpha value is -3.35. The quantitative estimate of drug-likeness (QED) is 0.328. The molecule has 0 bridgehead atoms. The summed E-state index contributed by atoms with van der Waals surface area (Å²) in [6.45, 7) is 0.736. The molecule has 1 fully saturated rings. The molecule has 3 aromatic carbocycles. The van der Waals surface area contributed by atoms with Gasteiger partial charge in [-0.2, -0.15) is 5.10 Å². The van der Waals surface area contributed by atoms with Gasteiger partial charge in [0.2, 0.25) is 0 Å². The lowest BCUT2D eigenvalue weighted by Gasteiger charge is -2.31. The molecular weight excluding hydrogens is 430 g/mol. The van der Waals surface area contributed by atoms with E-state index in [1.165, 1.54) is 9.91 Å². The van der Waals surface area contributed by atoms with Crippen LogP contribution in [0.4, 0.5) is 28.9 Å². The molecule has 5 rings (SSSR count). The fourth-order valence-corrected chi connectivity index (χ4v) is 4.68. The molecule has 1 saturated heterocycles. The first-order valence-electron chi connectivity index (χ1n) is 11.1. The molecule has 0 N–H and O–H groups in total. The number of rotatable bonds is 4. The lowest BCUT2D eigenvalue weighted by atomic mass is 9.96. The van der Waals surface area contributed by atoms with Crippen LogP contribution in [0.1, 0.15) is 42.9 Å². The number of halogens is 4. The molecule has 0 aliphatic carbocycles. The third-order valence-corrected chi connectivity index (χ3v) is 6.32. The molecule has 0 aromatic heterocycles. The molecule has 1 unspecified atom stereocenters. The molecule has 33 heavy (non-hydrogen) atoms. The van der Waals surface area contributed by atoms with E-state index in [4.69, 9.17) is 0 Å². The predicted molar refractivity (Wildman–Crippen MR) is 122 cm³/mol. The standard InChI is InChI=1S/C26H23F4N3/c27-22-21(23(28)25(30)26(24(22)29)32-14-8-3-9-15-32)20-16-19(17-10-4-1-5-11-17)31-33(20)18-12-6-2-7-13-18/h1-2,4-7,10-13,20H,3,8-9,14-16H2. The number of nitrogens with zero attached hydrogens (tertiary/aromatic N) is 3. The summed E-state index contributed by atoms with van der Waals surface area (Å²) in [6, 6.07) is 17.0. The van der Waals surface area contributed by atoms with E-state index in [0.717, 1.165) is 24.8 Å². The maximum Gasteiger partial charge on any atom is 0.185 e. The first-order valence-corrected chi connectivity index (χ1v) is 11.1. The Morgan fingerprint density at radius 2 is 1.27 bits per heavy atom. The van der Waals surface area contributed by atoms with Gasteiger partial charge in [0, 0.05) is 19.5 Å². The van der Waals surface area contributed by atoms with Gasteiger partial charge < -0.3 is 4.90 Å². The van der Waals surface area contributed by atoms with Crippen molar-refractivity contribution < 1.29 is 17.6 Å². The largest absolute Gasteiger partial charge is 0.367 e. The van der Waals surface area contributed by atoms with Crippen molar-refractivity contribution in [3.05, 3.63) is 95.1 Å². The molecule has 0 saturated carbocycles. The number of hydrogen-bond donors (Lipinski definition) is 0. The second kappa shape index (κ2) is 8.89. The maximum atomic E-state index is 15.4. The van der Waals surface area contributed by atoms with Crippen LogP contribution in [0.2, 0.25) is 0 Å². The lowest BCUT2D eigenvalue weighted by Crippen LogP contribution is -2.32. The van der Waals surface area contributed by atoms with Crippen LogP contribution < -0.4 is 9.91 Å². The minimum absolute atomic E-state index is 0.106. The highest BCUT2D eigenvalue weighted by Crippen LogP contribution is 2.42. The van der Waals surface area contributed by atoms with Crippen LogP contribution in [0.5, 0.6) is 0 Å². The van der Waals surface area contributed by atoms with Crippen molar-refractivity contribution in [3.8, 4) is 0 Å². The molecule has 3 aromatic rings. The summed E-state index contributed by atoms with van der Waals surface area (Å²) in [5.41, 5.74) is 0.705. The number of hydrogen-bond acceptors (Lipinski definition) is 3. The number of hydrazone groups is 1. The first kappa shape index (κ1) is 21.5. The maximum absolute atomic E-state index is 15.4. The summed E-state index contributed by atoms with van der Waals surface area (Å²) in [7, 11) is 0. The minimum atomic E-state index is -1.36. The van der Waals surface area contributed by atoms with Crippen molar-refractivity contribution in [3.63, 3.8) is 0 Å². The van der Waals surface area contributed by atoms with E-state index < -0.39 is 40.6 Å². The van der Waals surface area contributed by atoms with Crippen LogP contribution in [0.25, 0.3) is 0 Å². The normalized spacial score (nSPS) is 18.5. The fourth-order valence-electron chi connectivity index (χ4n) is 4.68. The molecular formula is C26H23F4N3. The summed E-state index contributed by atoms with van der Waals surface area (Å²) in [5.74, 6) is -5.39. The van der Waals surface area contributed by atoms with Crippen LogP contribution in [0.15, 0.2) is 65.8 Å². The van der Waals surface area contributed by atoms with Crippen LogP contribution in [0.3, 0.4) is 0 Å². The highest BCUT2D eigenvalue weighted by atomic mass is 19.2. The van der Waals surface area contributed by atoms with Crippen molar-refractivity contribution in [1.29, 1.82) is 0 Å². The molecule has 2 aliphatic rings. The van der Waals surface area contributed by atoms with Crippen molar-refractivity contribution in [2.75, 3.05) is 23.0 Å². The van der Waals surface area contributed by atoms with Gasteiger partial charge in [-0.3, -0.25) is 5.01 Å². The van der Waals surface area contributed by atoms with Crippen molar-refractivity contribution in [2.24, 2.45) is 5.10 Å². The molecule has 0 spiro atoms. The van der Waals surface area contributed by atoms with Crippen molar-refractivity contribution in [1.82, 2.24) is 0 Å². The van der Waals surface area contributed by atoms with Crippen LogP contribution in [-0.4, -0.2) is 18.8 Å². The van der Waals surface area contributed by atoms with E-state index in [2.05, 4.69) is 5.10 Å². The summed E-state index contributed by atoms with van der Waals surface area (Å²) in [6.07, 6.45) is 2.48. The average molecular weight is 453 g/mol. The Balaban J connectivity index is 1.61. The Labute approximate surface area is 190 Å². The molecule has 3 nitrogen and oxygen atoms in total. The van der Waals surface area contributed by atoms with Gasteiger partial charge in [0.05, 0.1) is 23.0 Å². The summed E-state index contributed by atoms with van der Waals surface area (Å²) >= 11 is 0. The van der Waals surface area contributed by atoms with E-state index in [1.807, 2.05) is 36.4 Å². The van der Waals surface area contributed by atoms with Crippen molar-refractivity contribution >= 4 is 17.1 Å². The molecule has 170 valence electrons. The molecule has 0 amide bonds. The van der Waals surface area contributed by atoms with E-state index in [-0.39, 0.29) is 6.42 Å². The number of piperidine rings is 1. The van der Waals surface area contributed by atoms with Gasteiger partial charge in [0.1, 0.15) is 5.69 Å². The Morgan fingerprint density at radius 3 is 1.88 bits per heavy atom. The smallest absolute Gasteiger partial charge is 0.185 e. The monoisotopic (exact) mass is 453 g/mol. The summed E-state index contributed by atoms with van der Waals surface area (Å²) in [4.78, 5) is 1.40. The number of anilines is 2. The van der Waals surface area contributed by atoms with Gasteiger partial charge in [-0.1, -0.05) is 48.5 Å². The Bertz CT molecular complexity index is 1150. The molecule has 0 radical (unpaired) electrons. The predicted octanol–water partition coefficient (Wildman–Crippen LogP) is 6.59. The number of para-hydroxylation sites is 1. The third kappa shape index (κ3) is 3.86. The van der Waals surface area contributed by atoms with E-state index in [1.54, 1.807) is 24.3 Å². The van der Waals surface area contributed by atoms with Crippen LogP contribution in [-0.2, 0) is 0 Å². The molecule has 1 atom stereocenters. The highest BCUT2D eigenvalue weighted by molar-refractivity contribution is 6.03. The first-order chi connectivity index (χ1) is 16.1. The van der Waals surface area contributed by atoms with Crippen LogP contribution in [0, 0.1) is 23.3 Å². The average Bonchev–Trinajstić information content (AvgIpc) is 3.30. The zero-order valence-corrected chi connectivity index (χ0v) is 17.9. The van der Waals surface area contributed by atoms with Gasteiger partial charge >= 0.3 is 0 Å². The second-order valence-corrected chi connectivity index (χ2v) is 8.38. The van der Waals surface area contributed by atoms with E-state index in [9.17, 15) is 0 Å². The number of benzene rings is 3. The van der Waals surface area contributed by atoms with Crippen LogP contribution >= 0.6 is 0 Å². The van der Waals surface area contributed by atoms with Gasteiger partial charge in [-0.15, -0.1) is 0 Å². The van der Waals surface area contributed by atoms with Gasteiger partial charge in [-0.05, 0) is 37.0 Å². The summed E-state index contributed by atoms with van der Waals surface area (Å²) in [5, 5.41) is 6.05. The van der Waals surface area contributed by atoms with Crippen molar-refractivity contribution in [2.45, 2.75) is 31.7 Å². The van der Waals surface area contributed by atoms with Gasteiger partial charge in [0.25, 0.3) is 0 Å². The van der Waals surface area contributed by atoms with E-state index >= 15 is 17.6 Å². The van der Waals surface area contributed by atoms with Gasteiger partial charge in [0.15, 0.2) is 23.3 Å². The minimum Gasteiger partial charge on any atom is -0.367 e.